The van der Waals surface area contributed by atoms with E-state index in [-0.39, 0.29) is 5.69 Å². The molecule has 16 heavy (non-hydrogen) atoms. The number of rotatable bonds is 3. The van der Waals surface area contributed by atoms with Crippen LogP contribution in [-0.2, 0) is 0 Å². The van der Waals surface area contributed by atoms with Gasteiger partial charge in [-0.3, -0.25) is 0 Å². The molecule has 2 heterocycles. The maximum Gasteiger partial charge on any atom is 0.348 e. The number of H-pyrrole nitrogens is 1. The average Bonchev–Trinajstić information content (AvgIpc) is 2.91. The van der Waals surface area contributed by atoms with E-state index in [0.717, 1.165) is 12.4 Å². The van der Waals surface area contributed by atoms with Gasteiger partial charge in [0.05, 0.1) is 0 Å². The molecule has 0 amide bonds. The van der Waals surface area contributed by atoms with Crippen molar-refractivity contribution in [2.45, 2.75) is 19.8 Å². The second kappa shape index (κ2) is 3.07. The number of aromatic amines is 1. The molecule has 0 saturated heterocycles. The van der Waals surface area contributed by atoms with Gasteiger partial charge in [0.15, 0.2) is 5.65 Å². The minimum atomic E-state index is -0.261. The number of nitrogens with one attached hydrogen (secondary N) is 2. The first-order chi connectivity index (χ1) is 7.66. The van der Waals surface area contributed by atoms with E-state index >= 15 is 0 Å². The predicted molar refractivity (Wildman–Crippen MR) is 59.4 cm³/mol. The molecule has 1 saturated carbocycles. The molecule has 0 unspecified atom stereocenters. The molecule has 0 aliphatic heterocycles. The van der Waals surface area contributed by atoms with Crippen LogP contribution in [0.4, 0.5) is 5.82 Å². The monoisotopic (exact) mass is 219 g/mol. The molecule has 6 nitrogen and oxygen atoms in total. The van der Waals surface area contributed by atoms with E-state index < -0.39 is 0 Å². The van der Waals surface area contributed by atoms with Crippen LogP contribution in [0.5, 0.6) is 0 Å². The van der Waals surface area contributed by atoms with E-state index in [1.54, 1.807) is 6.07 Å². The van der Waals surface area contributed by atoms with Crippen molar-refractivity contribution in [3.8, 4) is 0 Å². The fourth-order valence-corrected chi connectivity index (χ4v) is 1.60. The van der Waals surface area contributed by atoms with Crippen LogP contribution in [0.3, 0.4) is 0 Å². The second-order valence-electron chi connectivity index (χ2n) is 4.70. The summed E-state index contributed by atoms with van der Waals surface area (Å²) in [6.45, 7) is 3.17. The van der Waals surface area contributed by atoms with Crippen molar-refractivity contribution in [1.82, 2.24) is 19.6 Å². The van der Waals surface area contributed by atoms with Gasteiger partial charge in [0, 0.05) is 12.6 Å². The first kappa shape index (κ1) is 9.38. The van der Waals surface area contributed by atoms with E-state index in [1.807, 2.05) is 0 Å². The predicted octanol–water partition coefficient (Wildman–Crippen LogP) is 0.630. The van der Waals surface area contributed by atoms with Gasteiger partial charge in [-0.2, -0.15) is 5.10 Å². The minimum Gasteiger partial charge on any atom is -0.369 e. The summed E-state index contributed by atoms with van der Waals surface area (Å²) >= 11 is 0. The molecule has 1 fully saturated rings. The summed E-state index contributed by atoms with van der Waals surface area (Å²) in [6.07, 6.45) is 4.02. The van der Waals surface area contributed by atoms with Gasteiger partial charge < -0.3 is 5.32 Å². The van der Waals surface area contributed by atoms with Crippen molar-refractivity contribution in [2.24, 2.45) is 5.41 Å². The Labute approximate surface area is 91.7 Å². The zero-order chi connectivity index (χ0) is 11.2. The summed E-state index contributed by atoms with van der Waals surface area (Å²) in [6, 6.07) is 1.77. The van der Waals surface area contributed by atoms with Gasteiger partial charge in [0.1, 0.15) is 12.1 Å². The molecule has 6 heteroatoms. The molecule has 3 rings (SSSR count). The molecule has 2 aromatic rings. The van der Waals surface area contributed by atoms with Crippen LogP contribution in [0, 0.1) is 5.41 Å². The zero-order valence-corrected chi connectivity index (χ0v) is 9.03. The van der Waals surface area contributed by atoms with Crippen LogP contribution in [0.1, 0.15) is 19.8 Å². The minimum absolute atomic E-state index is 0.261. The van der Waals surface area contributed by atoms with Crippen LogP contribution in [-0.4, -0.2) is 26.1 Å². The molecule has 0 atom stereocenters. The van der Waals surface area contributed by atoms with Crippen molar-refractivity contribution in [1.29, 1.82) is 0 Å². The highest BCUT2D eigenvalue weighted by molar-refractivity contribution is 5.48. The summed E-state index contributed by atoms with van der Waals surface area (Å²) in [4.78, 5) is 15.4. The van der Waals surface area contributed by atoms with E-state index in [2.05, 4.69) is 27.4 Å². The molecule has 0 bridgehead atoms. The molecular weight excluding hydrogens is 206 g/mol. The van der Waals surface area contributed by atoms with Gasteiger partial charge in [0.2, 0.25) is 0 Å². The standard InChI is InChI=1S/C10H13N5O/c1-10(2-3-10)5-11-7-4-8-13-14-9(16)15(8)6-12-7/h4,6,11H,2-3,5H2,1H3,(H,14,16). The highest BCUT2D eigenvalue weighted by Crippen LogP contribution is 2.44. The Bertz CT molecular complexity index is 580. The first-order valence-corrected chi connectivity index (χ1v) is 5.33. The Balaban J connectivity index is 1.84. The van der Waals surface area contributed by atoms with Crippen molar-refractivity contribution in [2.75, 3.05) is 11.9 Å². The molecule has 0 radical (unpaired) electrons. The maximum absolute atomic E-state index is 11.2. The summed E-state index contributed by atoms with van der Waals surface area (Å²) in [5.74, 6) is 0.764. The Morgan fingerprint density at radius 3 is 3.19 bits per heavy atom. The molecule has 2 N–H and O–H groups in total. The van der Waals surface area contributed by atoms with E-state index in [4.69, 9.17) is 0 Å². The summed E-state index contributed by atoms with van der Waals surface area (Å²) in [5.41, 5.74) is 0.755. The number of hydrogen-bond donors (Lipinski definition) is 2. The largest absolute Gasteiger partial charge is 0.369 e. The number of fused-ring (bicyclic) bond motifs is 1. The van der Waals surface area contributed by atoms with Crippen molar-refractivity contribution < 1.29 is 0 Å². The molecule has 1 aliphatic rings. The molecular formula is C10H13N5O. The van der Waals surface area contributed by atoms with E-state index in [0.29, 0.717) is 11.1 Å². The highest BCUT2D eigenvalue weighted by Gasteiger charge is 2.36. The summed E-state index contributed by atoms with van der Waals surface area (Å²) < 4.78 is 1.38. The van der Waals surface area contributed by atoms with Gasteiger partial charge in [-0.25, -0.2) is 19.3 Å². The summed E-state index contributed by atoms with van der Waals surface area (Å²) in [5, 5.41) is 9.53. The van der Waals surface area contributed by atoms with Crippen LogP contribution >= 0.6 is 0 Å². The smallest absolute Gasteiger partial charge is 0.348 e. The lowest BCUT2D eigenvalue weighted by molar-refractivity contribution is 0.609. The van der Waals surface area contributed by atoms with Crippen LogP contribution in [0.15, 0.2) is 17.2 Å². The van der Waals surface area contributed by atoms with Crippen LogP contribution in [0.25, 0.3) is 5.65 Å². The lowest BCUT2D eigenvalue weighted by Gasteiger charge is -2.09. The van der Waals surface area contributed by atoms with Crippen molar-refractivity contribution in [3.05, 3.63) is 22.9 Å². The third-order valence-electron chi connectivity index (χ3n) is 3.11. The van der Waals surface area contributed by atoms with Gasteiger partial charge in [0.25, 0.3) is 0 Å². The highest BCUT2D eigenvalue weighted by atomic mass is 16.1. The lowest BCUT2D eigenvalue weighted by Crippen LogP contribution is -2.14. The quantitative estimate of drug-likeness (QED) is 0.794. The number of hydrogen-bond acceptors (Lipinski definition) is 4. The Hall–Kier alpha value is -1.85. The third kappa shape index (κ3) is 1.56. The average molecular weight is 219 g/mol. The third-order valence-corrected chi connectivity index (χ3v) is 3.11. The normalized spacial score (nSPS) is 17.6. The second-order valence-corrected chi connectivity index (χ2v) is 4.70. The summed E-state index contributed by atoms with van der Waals surface area (Å²) in [7, 11) is 0. The Morgan fingerprint density at radius 2 is 2.44 bits per heavy atom. The number of aromatic nitrogens is 4. The number of anilines is 1. The molecule has 84 valence electrons. The lowest BCUT2D eigenvalue weighted by atomic mass is 10.1. The molecule has 0 aromatic carbocycles. The van der Waals surface area contributed by atoms with Gasteiger partial charge in [-0.05, 0) is 18.3 Å². The molecule has 1 aliphatic carbocycles. The zero-order valence-electron chi connectivity index (χ0n) is 9.03. The van der Waals surface area contributed by atoms with Crippen molar-refractivity contribution >= 4 is 11.5 Å². The van der Waals surface area contributed by atoms with E-state index in [9.17, 15) is 4.79 Å². The van der Waals surface area contributed by atoms with Crippen molar-refractivity contribution in [3.63, 3.8) is 0 Å². The van der Waals surface area contributed by atoms with Crippen LogP contribution in [0.2, 0.25) is 0 Å². The molecule has 0 spiro atoms. The van der Waals surface area contributed by atoms with Gasteiger partial charge in [-0.1, -0.05) is 6.92 Å². The molecule has 2 aromatic heterocycles. The Morgan fingerprint density at radius 1 is 1.62 bits per heavy atom. The first-order valence-electron chi connectivity index (χ1n) is 5.33. The Kier molecular flexibility index (Phi) is 1.80. The van der Waals surface area contributed by atoms with Gasteiger partial charge in [-0.15, -0.1) is 0 Å². The van der Waals surface area contributed by atoms with Crippen LogP contribution < -0.4 is 11.0 Å². The SMILES string of the molecule is CC1(CNc2cc3n[nH]c(=O)n3cn2)CC1. The topological polar surface area (TPSA) is 75.1 Å². The number of nitrogens with zero attached hydrogens (tertiary/aromatic N) is 3. The van der Waals surface area contributed by atoms with Gasteiger partial charge >= 0.3 is 5.69 Å². The fraction of sp³-hybridized carbons (Fsp3) is 0.500. The fourth-order valence-electron chi connectivity index (χ4n) is 1.60. The van der Waals surface area contributed by atoms with E-state index in [1.165, 1.54) is 23.6 Å². The maximum atomic E-state index is 11.2.